The number of hydrogen-bond donors (Lipinski definition) is 2. The number of hydrogen-bond acceptors (Lipinski definition) is 6. The van der Waals surface area contributed by atoms with Crippen LogP contribution in [0.25, 0.3) is 16.5 Å². The van der Waals surface area contributed by atoms with E-state index in [2.05, 4.69) is 38.7 Å². The summed E-state index contributed by atoms with van der Waals surface area (Å²) in [7, 11) is -1.82. The predicted molar refractivity (Wildman–Crippen MR) is 159 cm³/mol. The van der Waals surface area contributed by atoms with Crippen LogP contribution in [0.3, 0.4) is 0 Å². The minimum absolute atomic E-state index is 0.0361. The highest BCUT2D eigenvalue weighted by molar-refractivity contribution is 7.90. The second-order valence-electron chi connectivity index (χ2n) is 11.9. The summed E-state index contributed by atoms with van der Waals surface area (Å²) in [6.07, 6.45) is 12.3. The number of sulfonamides is 1. The third-order valence-electron chi connectivity index (χ3n) is 9.08. The lowest BCUT2D eigenvalue weighted by atomic mass is 9.81. The van der Waals surface area contributed by atoms with Crippen molar-refractivity contribution in [2.24, 2.45) is 0 Å². The number of carbonyl (C=O) groups is 2. The van der Waals surface area contributed by atoms with Gasteiger partial charge in [-0.25, -0.2) is 13.1 Å². The number of allylic oxidation sites excluding steroid dienone is 4. The summed E-state index contributed by atoms with van der Waals surface area (Å²) in [5.41, 5.74) is 4.89. The van der Waals surface area contributed by atoms with Crippen LogP contribution in [0.2, 0.25) is 0 Å². The Balaban J connectivity index is 1.54. The molecule has 2 aliphatic heterocycles. The number of ether oxygens (including phenoxy) is 1. The zero-order chi connectivity index (χ0) is 28.6. The first-order valence-electron chi connectivity index (χ1n) is 15.0. The third-order valence-corrected chi connectivity index (χ3v) is 10.4. The molecule has 0 radical (unpaired) electrons. The van der Waals surface area contributed by atoms with E-state index in [-0.39, 0.29) is 30.5 Å². The van der Waals surface area contributed by atoms with Gasteiger partial charge in [-0.05, 0) is 56.3 Å². The van der Waals surface area contributed by atoms with Gasteiger partial charge in [-0.15, -0.1) is 0 Å². The molecule has 0 unspecified atom stereocenters. The molecule has 1 atom stereocenters. The smallest absolute Gasteiger partial charge is 0.264 e. The van der Waals surface area contributed by atoms with Crippen molar-refractivity contribution in [2.45, 2.75) is 76.3 Å². The molecule has 6 rings (SSSR count). The Morgan fingerprint density at radius 1 is 1.05 bits per heavy atom. The van der Waals surface area contributed by atoms with Crippen LogP contribution in [0.15, 0.2) is 36.1 Å². The Labute approximate surface area is 242 Å². The van der Waals surface area contributed by atoms with Gasteiger partial charge in [0.1, 0.15) is 12.4 Å². The van der Waals surface area contributed by atoms with Crippen molar-refractivity contribution in [3.05, 3.63) is 52.9 Å². The zero-order valence-electron chi connectivity index (χ0n) is 23.8. The number of benzene rings is 1. The minimum atomic E-state index is -3.88. The van der Waals surface area contributed by atoms with Crippen LogP contribution in [0, 0.1) is 0 Å². The molecule has 4 aliphatic rings. The molecule has 1 aromatic carbocycles. The second kappa shape index (κ2) is 11.6. The molecule has 4 bridgehead atoms. The van der Waals surface area contributed by atoms with E-state index in [0.29, 0.717) is 37.7 Å². The highest BCUT2D eigenvalue weighted by Crippen LogP contribution is 2.45. The molecule has 9 nitrogen and oxygen atoms in total. The Bertz CT molecular complexity index is 1520. The number of rotatable bonds is 1. The van der Waals surface area contributed by atoms with Gasteiger partial charge in [-0.1, -0.05) is 37.5 Å². The minimum Gasteiger partial charge on any atom is -0.496 e. The summed E-state index contributed by atoms with van der Waals surface area (Å²) in [5.74, 6) is 0.296. The van der Waals surface area contributed by atoms with E-state index in [1.165, 1.54) is 30.5 Å². The lowest BCUT2D eigenvalue weighted by Gasteiger charge is -2.34. The van der Waals surface area contributed by atoms with E-state index < -0.39 is 15.9 Å². The molecule has 10 heteroatoms. The molecule has 3 heterocycles. The van der Waals surface area contributed by atoms with Crippen molar-refractivity contribution >= 4 is 38.3 Å². The summed E-state index contributed by atoms with van der Waals surface area (Å²) in [4.78, 5) is 27.9. The van der Waals surface area contributed by atoms with Crippen molar-refractivity contribution in [1.29, 1.82) is 0 Å². The highest BCUT2D eigenvalue weighted by atomic mass is 32.2. The van der Waals surface area contributed by atoms with Gasteiger partial charge in [-0.3, -0.25) is 14.5 Å². The maximum atomic E-state index is 13.2. The lowest BCUT2D eigenvalue weighted by Crippen LogP contribution is -2.43. The highest BCUT2D eigenvalue weighted by Gasteiger charge is 2.33. The third kappa shape index (κ3) is 5.81. The Morgan fingerprint density at radius 3 is 2.71 bits per heavy atom. The van der Waals surface area contributed by atoms with Crippen LogP contribution in [0.1, 0.15) is 85.3 Å². The van der Waals surface area contributed by atoms with Gasteiger partial charge in [-0.2, -0.15) is 0 Å². The molecule has 1 aromatic heterocycles. The molecule has 2 aliphatic carbocycles. The van der Waals surface area contributed by atoms with Crippen LogP contribution in [-0.4, -0.2) is 68.2 Å². The molecular weight excluding hydrogens is 540 g/mol. The maximum absolute atomic E-state index is 13.2. The summed E-state index contributed by atoms with van der Waals surface area (Å²) < 4.78 is 36.5. The molecule has 220 valence electrons. The van der Waals surface area contributed by atoms with Gasteiger partial charge in [0, 0.05) is 54.5 Å². The van der Waals surface area contributed by atoms with Crippen LogP contribution in [-0.2, 0) is 26.1 Å². The summed E-state index contributed by atoms with van der Waals surface area (Å²) in [6.45, 7) is 2.27. The monoisotopic (exact) mass is 580 g/mol. The van der Waals surface area contributed by atoms with Crippen molar-refractivity contribution in [2.75, 3.05) is 32.5 Å². The lowest BCUT2D eigenvalue weighted by molar-refractivity contribution is -0.121. The Hall–Kier alpha value is -3.11. The first kappa shape index (κ1) is 28.0. The summed E-state index contributed by atoms with van der Waals surface area (Å²) in [5, 5.41) is 4.05. The average Bonchev–Trinajstić information content (AvgIpc) is 3.26. The number of likely N-dealkylation sites (N-methyl/N-ethyl adjacent to an activating group) is 1. The molecule has 2 N–H and O–H groups in total. The van der Waals surface area contributed by atoms with E-state index in [1.54, 1.807) is 6.07 Å². The standard InChI is InChI=1S/C31H40N4O5S/c1-34-16-15-32-28(36)12-7-17-41(38,39)33-31(37)22-13-14-24-26(18-22)35-19-23(34)20-40-27-11-6-5-10-25(27)30(35)29(24)21-8-3-2-4-9-21/h5,10,13-14,18,21,23H,2-4,6-9,11-12,15-17,19-20H2,1H3,(H,32,36)(H,33,37)/t23-/m1/s1. The van der Waals surface area contributed by atoms with E-state index in [9.17, 15) is 18.0 Å². The fourth-order valence-electron chi connectivity index (χ4n) is 6.85. The van der Waals surface area contributed by atoms with Crippen molar-refractivity contribution in [1.82, 2.24) is 19.5 Å². The zero-order valence-corrected chi connectivity index (χ0v) is 24.6. The van der Waals surface area contributed by atoms with Crippen LogP contribution in [0.4, 0.5) is 0 Å². The molecule has 0 spiro atoms. The number of nitrogens with one attached hydrogen (secondary N) is 2. The molecular formula is C31H40N4O5S. The molecule has 0 saturated heterocycles. The molecule has 41 heavy (non-hydrogen) atoms. The SMILES string of the molecule is CN1CCNC(=O)CCCS(=O)(=O)NC(=O)c2ccc3c(C4CCCCC4)c4n(c3c2)C[C@@H]1COC1=C4C=CCC1. The van der Waals surface area contributed by atoms with Gasteiger partial charge < -0.3 is 14.6 Å². The molecule has 2 amide bonds. The molecule has 1 saturated carbocycles. The number of aromatic nitrogens is 1. The van der Waals surface area contributed by atoms with E-state index in [0.717, 1.165) is 47.9 Å². The van der Waals surface area contributed by atoms with E-state index in [1.807, 2.05) is 12.1 Å². The number of fused-ring (bicyclic) bond motifs is 3. The van der Waals surface area contributed by atoms with Gasteiger partial charge in [0.05, 0.1) is 17.5 Å². The van der Waals surface area contributed by atoms with E-state index >= 15 is 0 Å². The molecule has 1 fully saturated rings. The van der Waals surface area contributed by atoms with Crippen molar-refractivity contribution < 1.29 is 22.7 Å². The first-order valence-corrected chi connectivity index (χ1v) is 16.7. The topological polar surface area (TPSA) is 110 Å². The number of amides is 2. The number of nitrogens with zero attached hydrogens (tertiary/aromatic N) is 2. The first-order chi connectivity index (χ1) is 19.8. The van der Waals surface area contributed by atoms with Crippen LogP contribution in [0.5, 0.6) is 0 Å². The quantitative estimate of drug-likeness (QED) is 0.527. The second-order valence-corrected chi connectivity index (χ2v) is 13.7. The van der Waals surface area contributed by atoms with Crippen molar-refractivity contribution in [3.8, 4) is 0 Å². The molecule has 2 aromatic rings. The van der Waals surface area contributed by atoms with Crippen molar-refractivity contribution in [3.63, 3.8) is 0 Å². The Morgan fingerprint density at radius 2 is 1.88 bits per heavy atom. The van der Waals surface area contributed by atoms with E-state index in [4.69, 9.17) is 4.74 Å². The number of carbonyl (C=O) groups excluding carboxylic acids is 2. The van der Waals surface area contributed by atoms with Gasteiger partial charge in [0.25, 0.3) is 5.91 Å². The summed E-state index contributed by atoms with van der Waals surface area (Å²) in [6, 6.07) is 5.67. The fraction of sp³-hybridized carbons (Fsp3) is 0.548. The summed E-state index contributed by atoms with van der Waals surface area (Å²) >= 11 is 0. The maximum Gasteiger partial charge on any atom is 0.264 e. The van der Waals surface area contributed by atoms with Gasteiger partial charge in [0.15, 0.2) is 0 Å². The Kier molecular flexibility index (Phi) is 7.96. The van der Waals surface area contributed by atoms with Gasteiger partial charge in [0.2, 0.25) is 15.9 Å². The largest absolute Gasteiger partial charge is 0.496 e. The normalized spacial score (nSPS) is 24.8. The predicted octanol–water partition coefficient (Wildman–Crippen LogP) is 4.05. The van der Waals surface area contributed by atoms with Crippen LogP contribution >= 0.6 is 0 Å². The average molecular weight is 581 g/mol. The van der Waals surface area contributed by atoms with Crippen LogP contribution < -0.4 is 10.0 Å². The van der Waals surface area contributed by atoms with Gasteiger partial charge >= 0.3 is 0 Å². The fourth-order valence-corrected chi connectivity index (χ4v) is 7.88.